The Morgan fingerprint density at radius 2 is 0.500 bits per heavy atom. The topological polar surface area (TPSA) is 446 Å². The van der Waals surface area contributed by atoms with Gasteiger partial charge in [0.1, 0.15) is 19.6 Å². The van der Waals surface area contributed by atoms with Gasteiger partial charge in [-0.15, -0.1) is 17.5 Å². The van der Waals surface area contributed by atoms with Crippen LogP contribution in [0.25, 0.3) is 0 Å². The molecule has 4 aromatic carbocycles. The molecule has 8 amide bonds. The molecule has 0 saturated carbocycles. The molecule has 4 aliphatic heterocycles. The van der Waals surface area contributed by atoms with Crippen molar-refractivity contribution in [3.05, 3.63) is 138 Å². The van der Waals surface area contributed by atoms with Crippen LogP contribution < -0.4 is 60.8 Å². The van der Waals surface area contributed by atoms with Crippen LogP contribution in [0.3, 0.4) is 0 Å². The van der Waals surface area contributed by atoms with Crippen molar-refractivity contribution >= 4 is 86.5 Å². The lowest BCUT2D eigenvalue weighted by Gasteiger charge is -2.15. The number of anilines is 4. The molecule has 20 rings (SSSR count). The van der Waals surface area contributed by atoms with Crippen LogP contribution in [0, 0.1) is 23.7 Å². The molecule has 664 valence electrons. The van der Waals surface area contributed by atoms with Crippen molar-refractivity contribution in [2.45, 2.75) is 279 Å². The Morgan fingerprint density at radius 1 is 0.323 bits per heavy atom. The first-order valence-corrected chi connectivity index (χ1v) is 51.0. The summed E-state index contributed by atoms with van der Waals surface area (Å²) in [6.07, 6.45) is 37.8. The lowest BCUT2D eigenvalue weighted by Crippen LogP contribution is -2.19. The van der Waals surface area contributed by atoms with E-state index in [1.165, 1.54) is 114 Å². The Labute approximate surface area is 725 Å². The van der Waals surface area contributed by atoms with Crippen molar-refractivity contribution in [2.24, 2.45) is 61.7 Å². The highest BCUT2D eigenvalue weighted by Gasteiger charge is 2.36. The quantitative estimate of drug-likeness (QED) is 0.0563. The molecule has 0 radical (unpaired) electrons. The van der Waals surface area contributed by atoms with Crippen molar-refractivity contribution in [3.8, 4) is 23.5 Å². The summed E-state index contributed by atoms with van der Waals surface area (Å²) in [6.45, 7) is 13.2. The fourth-order valence-corrected chi connectivity index (χ4v) is 24.4. The third-order valence-electron chi connectivity index (χ3n) is 27.1. The second-order valence-corrected chi connectivity index (χ2v) is 42.0. The van der Waals surface area contributed by atoms with Gasteiger partial charge >= 0.3 is 24.1 Å². The van der Waals surface area contributed by atoms with Crippen LogP contribution in [0.1, 0.15) is 219 Å². The lowest BCUT2D eigenvalue weighted by atomic mass is 9.99. The molecular weight excluding hydrogens is 1660 g/mol. The van der Waals surface area contributed by atoms with E-state index in [0.29, 0.717) is 99.8 Å². The second kappa shape index (κ2) is 36.4. The molecule has 12 N–H and O–H groups in total. The number of carbonyl (C=O) groups excluding carboxylic acids is 4. The van der Waals surface area contributed by atoms with E-state index >= 15 is 0 Å². The zero-order valence-electron chi connectivity index (χ0n) is 71.4. The molecule has 32 nitrogen and oxygen atoms in total. The van der Waals surface area contributed by atoms with Crippen LogP contribution in [-0.2, 0) is 169 Å². The number of ether oxygens (including phenoxy) is 4. The highest BCUT2D eigenvalue weighted by atomic mass is 32.2. The number of nitrogens with zero attached hydrogens (tertiary/aromatic N) is 12. The van der Waals surface area contributed by atoms with Gasteiger partial charge in [-0.25, -0.2) is 75.3 Å². The van der Waals surface area contributed by atoms with Crippen LogP contribution in [0.15, 0.2) is 86.1 Å². The predicted octanol–water partition coefficient (Wildman–Crippen LogP) is 14.4. The van der Waals surface area contributed by atoms with Crippen molar-refractivity contribution < 1.29 is 55.0 Å². The minimum Gasteiger partial charge on any atom is -0.477 e. The van der Waals surface area contributed by atoms with Crippen molar-refractivity contribution in [2.75, 3.05) is 47.7 Å². The number of hydrogen-bond donors (Lipinski definition) is 8. The summed E-state index contributed by atoms with van der Waals surface area (Å²) in [6, 6.07) is 6.48. The first kappa shape index (κ1) is 86.6. The number of carbonyl (C=O) groups is 4. The number of fused-ring (bicyclic) bond motifs is 12. The Morgan fingerprint density at radius 3 is 0.669 bits per heavy atom. The van der Waals surface area contributed by atoms with E-state index in [0.717, 1.165) is 228 Å². The zero-order valence-corrected chi connectivity index (χ0v) is 74.7. The molecular formula is C88H116N20O12S4. The molecule has 0 spiro atoms. The summed E-state index contributed by atoms with van der Waals surface area (Å²) in [5.74, 6) is 3.19. The summed E-state index contributed by atoms with van der Waals surface area (Å²) in [5.41, 5.74) is 23.5. The van der Waals surface area contributed by atoms with Gasteiger partial charge in [-0.05, 0) is 292 Å². The van der Waals surface area contributed by atoms with E-state index < -0.39 is 63.8 Å². The Bertz CT molecular complexity index is 5250. The van der Waals surface area contributed by atoms with Crippen molar-refractivity contribution in [1.82, 2.24) is 39.1 Å². The molecule has 36 heteroatoms. The molecule has 4 aromatic heterocycles. The molecule has 8 atom stereocenters. The number of nitrogens with two attached hydrogens (primary N) is 4. The molecule has 8 aromatic rings. The van der Waals surface area contributed by atoms with E-state index in [4.69, 9.17) is 39.5 Å². The first-order chi connectivity index (χ1) is 59.8. The van der Waals surface area contributed by atoms with E-state index in [2.05, 4.69) is 111 Å². The maximum Gasteiger partial charge on any atom is 0.354 e. The van der Waals surface area contributed by atoms with E-state index in [-0.39, 0.29) is 19.6 Å². The first-order valence-electron chi connectivity index (χ1n) is 44.7. The van der Waals surface area contributed by atoms with Crippen molar-refractivity contribution in [1.29, 1.82) is 0 Å². The van der Waals surface area contributed by atoms with Gasteiger partial charge in [-0.3, -0.25) is 0 Å². The number of rotatable bonds is 12. The summed E-state index contributed by atoms with van der Waals surface area (Å²) < 4.78 is 98.7. The monoisotopic (exact) mass is 1770 g/mol. The number of amides is 8. The van der Waals surface area contributed by atoms with Crippen LogP contribution in [0.2, 0.25) is 0 Å². The molecule has 8 heterocycles. The SMILES string of the molecule is CC[C@@H]1CCOc2c(S(N)(=O)=NC(=O)Nc3c4c(cc5c3CCC5)CCC4)cnn2C1.CC[C@@H]1CCOc2c(S(N)(=O)=NC(=O)Nc3c4c(cc5c3CCC5)CCC4)cnn2C1.CC[C@H]1CCOc2c(S(N)(=O)=NC(=O)Nc3c4c(cc5c3CCC5)CCC4)cnn2C1.CC[C@H]1CCOc2c(S(N)(=O)=NC(=O)Nc3c4c(cc5c3CCC5)CCC4)cnn2C1. The second-order valence-electron chi connectivity index (χ2n) is 34.9. The number of hydrogen-bond acceptors (Lipinski definition) is 16. The summed E-state index contributed by atoms with van der Waals surface area (Å²) in [7, 11) is -14.0. The summed E-state index contributed by atoms with van der Waals surface area (Å²) in [4.78, 5) is 52.1. The van der Waals surface area contributed by atoms with Gasteiger partial charge < -0.3 is 40.2 Å². The third-order valence-corrected chi connectivity index (χ3v) is 32.5. The van der Waals surface area contributed by atoms with E-state index in [9.17, 15) is 36.0 Å². The minimum atomic E-state index is -3.49. The van der Waals surface area contributed by atoms with Crippen LogP contribution >= 0.6 is 0 Å². The van der Waals surface area contributed by atoms with Gasteiger partial charge in [-0.2, -0.15) is 20.4 Å². The van der Waals surface area contributed by atoms with E-state index in [1.54, 1.807) is 18.7 Å². The lowest BCUT2D eigenvalue weighted by molar-refractivity contribution is 0.259. The number of urea groups is 4. The Kier molecular flexibility index (Phi) is 25.4. The fraction of sp³-hybridized carbons (Fsp3) is 0.545. The van der Waals surface area contributed by atoms with E-state index in [1.807, 2.05) is 0 Å². The van der Waals surface area contributed by atoms with Gasteiger partial charge in [0, 0.05) is 48.9 Å². The number of nitrogens with one attached hydrogen (secondary N) is 4. The van der Waals surface area contributed by atoms with Crippen LogP contribution in [0.4, 0.5) is 41.9 Å². The minimum absolute atomic E-state index is 0.183. The Hall–Kier alpha value is -9.56. The molecule has 12 aliphatic rings. The number of benzene rings is 4. The average Bonchev–Trinajstić information content (AvgIpc) is 1.61. The highest BCUT2D eigenvalue weighted by molar-refractivity contribution is 7.92. The van der Waals surface area contributed by atoms with Gasteiger partial charge in [0.2, 0.25) is 23.5 Å². The molecule has 4 unspecified atom stereocenters. The van der Waals surface area contributed by atoms with Gasteiger partial charge in [0.25, 0.3) is 0 Å². The molecule has 0 fully saturated rings. The summed E-state index contributed by atoms with van der Waals surface area (Å²) in [5, 5.41) is 53.3. The van der Waals surface area contributed by atoms with Crippen molar-refractivity contribution in [3.63, 3.8) is 0 Å². The normalized spacial score (nSPS) is 21.3. The average molecular weight is 1770 g/mol. The third kappa shape index (κ3) is 18.0. The highest BCUT2D eigenvalue weighted by Crippen LogP contribution is 2.45. The standard InChI is InChI=1S/4C22H29N5O3S/c4*1-2-14-9-10-30-21-19(12-24-27(21)13-14)31(23,29)26-22(28)25-20-17-7-3-5-15(17)11-16-6-4-8-18(16)20/h4*11-12,14H,2-10,13H2,1H3,(H3,23,25,26,28,29)/t4*14-,31?/m1100/s1. The van der Waals surface area contributed by atoms with Gasteiger partial charge in [0.05, 0.1) is 51.2 Å². The predicted molar refractivity (Wildman–Crippen MR) is 475 cm³/mol. The molecule has 124 heavy (non-hydrogen) atoms. The maximum absolute atomic E-state index is 13.3. The molecule has 0 bridgehead atoms. The Balaban J connectivity index is 0.000000117. The smallest absolute Gasteiger partial charge is 0.354 e. The molecule has 0 saturated heterocycles. The van der Waals surface area contributed by atoms with Gasteiger partial charge in [-0.1, -0.05) is 77.6 Å². The van der Waals surface area contributed by atoms with Crippen LogP contribution in [-0.4, -0.2) is 107 Å². The zero-order chi connectivity index (χ0) is 86.3. The molecule has 8 aliphatic carbocycles. The van der Waals surface area contributed by atoms with Gasteiger partial charge in [0.15, 0.2) is 39.7 Å². The largest absolute Gasteiger partial charge is 0.477 e. The van der Waals surface area contributed by atoms with Crippen LogP contribution in [0.5, 0.6) is 23.5 Å². The number of aryl methyl sites for hydroxylation is 8. The summed E-state index contributed by atoms with van der Waals surface area (Å²) >= 11 is 0. The fourth-order valence-electron chi connectivity index (χ4n) is 20.4. The maximum atomic E-state index is 13.3. The number of aromatic nitrogens is 8.